The molecule has 0 atom stereocenters. The second kappa shape index (κ2) is 7.86. The standard InChI is InChI=1S/C16H19N7OS/c1-17-7-12-9-22(11-19-12)14-3-5-15(6-4-14)23-10-13(20-21-23)8-18-16(25)24-2/h3-6,9-11,17H,7-8H2,1-2H3,(H,18,25). The van der Waals surface area contributed by atoms with Gasteiger partial charge in [-0.05, 0) is 43.5 Å². The van der Waals surface area contributed by atoms with Crippen molar-refractivity contribution in [1.29, 1.82) is 0 Å². The van der Waals surface area contributed by atoms with Crippen LogP contribution < -0.4 is 10.6 Å². The van der Waals surface area contributed by atoms with Crippen molar-refractivity contribution in [2.45, 2.75) is 13.1 Å². The Morgan fingerprint density at radius 2 is 1.88 bits per heavy atom. The molecular formula is C16H19N7OS. The van der Waals surface area contributed by atoms with Crippen LogP contribution in [-0.2, 0) is 17.8 Å². The third kappa shape index (κ3) is 4.20. The highest BCUT2D eigenvalue weighted by Crippen LogP contribution is 2.13. The molecule has 0 fully saturated rings. The van der Waals surface area contributed by atoms with Crippen molar-refractivity contribution in [2.24, 2.45) is 0 Å². The maximum atomic E-state index is 4.93. The lowest BCUT2D eigenvalue weighted by Gasteiger charge is -2.04. The van der Waals surface area contributed by atoms with Crippen LogP contribution in [0.25, 0.3) is 11.4 Å². The highest BCUT2D eigenvalue weighted by molar-refractivity contribution is 7.80. The maximum Gasteiger partial charge on any atom is 0.256 e. The Kier molecular flexibility index (Phi) is 5.36. The minimum absolute atomic E-state index is 0.330. The number of benzene rings is 1. The fourth-order valence-electron chi connectivity index (χ4n) is 2.30. The van der Waals surface area contributed by atoms with E-state index in [4.69, 9.17) is 17.0 Å². The molecule has 1 aromatic carbocycles. The third-order valence-electron chi connectivity index (χ3n) is 3.55. The number of aromatic nitrogens is 5. The van der Waals surface area contributed by atoms with E-state index in [2.05, 4.69) is 25.9 Å². The molecule has 9 heteroatoms. The number of thiocarbonyl (C=S) groups is 1. The van der Waals surface area contributed by atoms with Gasteiger partial charge in [-0.3, -0.25) is 0 Å². The highest BCUT2D eigenvalue weighted by Gasteiger charge is 2.05. The van der Waals surface area contributed by atoms with Crippen LogP contribution in [0.1, 0.15) is 11.4 Å². The van der Waals surface area contributed by atoms with E-state index in [1.807, 2.05) is 48.3 Å². The van der Waals surface area contributed by atoms with Crippen LogP contribution in [0.5, 0.6) is 0 Å². The molecule has 0 amide bonds. The van der Waals surface area contributed by atoms with Gasteiger partial charge in [0.1, 0.15) is 5.69 Å². The fourth-order valence-corrected chi connectivity index (χ4v) is 2.37. The van der Waals surface area contributed by atoms with Crippen molar-refractivity contribution < 1.29 is 4.74 Å². The van der Waals surface area contributed by atoms with Crippen LogP contribution in [0.15, 0.2) is 43.0 Å². The highest BCUT2D eigenvalue weighted by atomic mass is 32.1. The van der Waals surface area contributed by atoms with Gasteiger partial charge in [0.15, 0.2) is 0 Å². The molecule has 25 heavy (non-hydrogen) atoms. The van der Waals surface area contributed by atoms with E-state index in [9.17, 15) is 0 Å². The predicted octanol–water partition coefficient (Wildman–Crippen LogP) is 1.19. The van der Waals surface area contributed by atoms with Crippen molar-refractivity contribution in [3.05, 3.63) is 54.4 Å². The summed E-state index contributed by atoms with van der Waals surface area (Å²) in [5.74, 6) is 0. The summed E-state index contributed by atoms with van der Waals surface area (Å²) in [6, 6.07) is 8.00. The lowest BCUT2D eigenvalue weighted by atomic mass is 10.3. The first-order valence-corrected chi connectivity index (χ1v) is 8.11. The zero-order chi connectivity index (χ0) is 17.6. The molecule has 0 aliphatic carbocycles. The average molecular weight is 357 g/mol. The largest absolute Gasteiger partial charge is 0.474 e. The van der Waals surface area contributed by atoms with Crippen LogP contribution in [0.2, 0.25) is 0 Å². The summed E-state index contributed by atoms with van der Waals surface area (Å²) in [4.78, 5) is 4.35. The minimum atomic E-state index is 0.330. The van der Waals surface area contributed by atoms with Crippen molar-refractivity contribution in [2.75, 3.05) is 14.2 Å². The Bertz CT molecular complexity index is 840. The second-order valence-electron chi connectivity index (χ2n) is 5.32. The Labute approximate surface area is 150 Å². The Balaban J connectivity index is 1.69. The maximum absolute atomic E-state index is 4.93. The lowest BCUT2D eigenvalue weighted by Crippen LogP contribution is -2.22. The molecule has 0 aliphatic rings. The number of nitrogens with zero attached hydrogens (tertiary/aromatic N) is 5. The fraction of sp³-hybridized carbons (Fsp3) is 0.250. The topological polar surface area (TPSA) is 81.8 Å². The summed E-state index contributed by atoms with van der Waals surface area (Å²) in [5.41, 5.74) is 3.72. The summed E-state index contributed by atoms with van der Waals surface area (Å²) < 4.78 is 8.59. The van der Waals surface area contributed by atoms with Gasteiger partial charge < -0.3 is 19.9 Å². The number of methoxy groups -OCH3 is 1. The van der Waals surface area contributed by atoms with Gasteiger partial charge in [-0.25, -0.2) is 9.67 Å². The SMILES string of the molecule is CNCc1cn(-c2ccc(-n3cc(CNC(=S)OC)nn3)cc2)cn1. The number of ether oxygens (including phenoxy) is 1. The summed E-state index contributed by atoms with van der Waals surface area (Å²) in [6.07, 6.45) is 5.66. The number of imidazole rings is 1. The first-order valence-electron chi connectivity index (χ1n) is 7.71. The van der Waals surface area contributed by atoms with Gasteiger partial charge in [0.25, 0.3) is 5.17 Å². The normalized spacial score (nSPS) is 10.6. The van der Waals surface area contributed by atoms with E-state index in [-0.39, 0.29) is 0 Å². The molecule has 0 unspecified atom stereocenters. The van der Waals surface area contributed by atoms with Gasteiger partial charge in [-0.1, -0.05) is 5.21 Å². The summed E-state index contributed by atoms with van der Waals surface area (Å²) in [5, 5.41) is 14.6. The number of rotatable bonds is 6. The van der Waals surface area contributed by atoms with E-state index in [1.165, 1.54) is 7.11 Å². The molecule has 2 aromatic heterocycles. The van der Waals surface area contributed by atoms with Crippen LogP contribution in [0, 0.1) is 0 Å². The molecule has 8 nitrogen and oxygen atoms in total. The zero-order valence-corrected chi connectivity index (χ0v) is 14.8. The monoisotopic (exact) mass is 357 g/mol. The van der Waals surface area contributed by atoms with E-state index in [1.54, 1.807) is 11.0 Å². The Morgan fingerprint density at radius 3 is 2.60 bits per heavy atom. The molecule has 0 spiro atoms. The minimum Gasteiger partial charge on any atom is -0.474 e. The number of hydrogen-bond acceptors (Lipinski definition) is 6. The van der Waals surface area contributed by atoms with Gasteiger partial charge in [-0.2, -0.15) is 0 Å². The zero-order valence-electron chi connectivity index (χ0n) is 14.0. The number of hydrogen-bond donors (Lipinski definition) is 2. The molecule has 2 N–H and O–H groups in total. The van der Waals surface area contributed by atoms with Crippen molar-refractivity contribution in [3.63, 3.8) is 0 Å². The predicted molar refractivity (Wildman–Crippen MR) is 97.7 cm³/mol. The van der Waals surface area contributed by atoms with Gasteiger partial charge in [0.2, 0.25) is 0 Å². The molecule has 0 aliphatic heterocycles. The molecule has 3 aromatic rings. The van der Waals surface area contributed by atoms with Crippen LogP contribution in [0.4, 0.5) is 0 Å². The third-order valence-corrected chi connectivity index (χ3v) is 3.86. The van der Waals surface area contributed by atoms with Gasteiger partial charge >= 0.3 is 0 Å². The molecule has 3 rings (SSSR count). The molecule has 130 valence electrons. The van der Waals surface area contributed by atoms with Crippen molar-refractivity contribution >= 4 is 17.4 Å². The Morgan fingerprint density at radius 1 is 1.12 bits per heavy atom. The van der Waals surface area contributed by atoms with Crippen molar-refractivity contribution in [3.8, 4) is 11.4 Å². The Hall–Kier alpha value is -2.78. The van der Waals surface area contributed by atoms with Crippen LogP contribution >= 0.6 is 12.2 Å². The number of nitrogens with one attached hydrogen (secondary N) is 2. The molecule has 0 radical (unpaired) electrons. The molecule has 0 saturated carbocycles. The lowest BCUT2D eigenvalue weighted by molar-refractivity contribution is 0.392. The molecule has 0 bridgehead atoms. The summed E-state index contributed by atoms with van der Waals surface area (Å²) in [6.45, 7) is 1.21. The molecular weight excluding hydrogens is 338 g/mol. The summed E-state index contributed by atoms with van der Waals surface area (Å²) >= 11 is 4.93. The van der Waals surface area contributed by atoms with E-state index >= 15 is 0 Å². The molecule has 2 heterocycles. The average Bonchev–Trinajstić information content (AvgIpc) is 3.30. The first-order chi connectivity index (χ1) is 12.2. The smallest absolute Gasteiger partial charge is 0.256 e. The van der Waals surface area contributed by atoms with Gasteiger partial charge in [-0.15, -0.1) is 5.10 Å². The summed E-state index contributed by atoms with van der Waals surface area (Å²) in [7, 11) is 3.42. The van der Waals surface area contributed by atoms with Crippen LogP contribution in [0.3, 0.4) is 0 Å². The molecule has 0 saturated heterocycles. The van der Waals surface area contributed by atoms with Crippen molar-refractivity contribution in [1.82, 2.24) is 35.2 Å². The van der Waals surface area contributed by atoms with Gasteiger partial charge in [0.05, 0.1) is 37.6 Å². The van der Waals surface area contributed by atoms with E-state index in [0.717, 1.165) is 29.3 Å². The van der Waals surface area contributed by atoms with E-state index < -0.39 is 0 Å². The first kappa shape index (κ1) is 17.1. The van der Waals surface area contributed by atoms with Gasteiger partial charge in [0, 0.05) is 18.4 Å². The quantitative estimate of drug-likeness (QED) is 0.641. The van der Waals surface area contributed by atoms with E-state index in [0.29, 0.717) is 11.7 Å². The van der Waals surface area contributed by atoms with Crippen LogP contribution in [-0.4, -0.2) is 43.9 Å². The second-order valence-corrected chi connectivity index (χ2v) is 5.69.